The van der Waals surface area contributed by atoms with Gasteiger partial charge in [-0.3, -0.25) is 10.4 Å². The van der Waals surface area contributed by atoms with Gasteiger partial charge in [0.1, 0.15) is 0 Å². The fourth-order valence-electron chi connectivity index (χ4n) is 3.45. The van der Waals surface area contributed by atoms with Gasteiger partial charge >= 0.3 is 0 Å². The Balaban J connectivity index is 1.47. The third-order valence-corrected chi connectivity index (χ3v) is 5.41. The highest BCUT2D eigenvalue weighted by Gasteiger charge is 2.14. The number of hydrazone groups is 1. The zero-order valence-corrected chi connectivity index (χ0v) is 18.6. The largest absolute Gasteiger partial charge is 0.477 e. The van der Waals surface area contributed by atoms with E-state index in [-0.39, 0.29) is 0 Å². The number of pyridine rings is 2. The summed E-state index contributed by atoms with van der Waals surface area (Å²) in [5, 5.41) is 4.39. The molecule has 1 fully saturated rings. The molecular formula is C25H29N5O2. The normalized spacial score (nSPS) is 14.0. The molecule has 1 saturated heterocycles. The van der Waals surface area contributed by atoms with Crippen LogP contribution < -0.4 is 15.1 Å². The molecule has 4 rings (SSSR count). The van der Waals surface area contributed by atoms with Crippen molar-refractivity contribution in [3.8, 4) is 5.88 Å². The second-order valence-electron chi connectivity index (χ2n) is 7.78. The Morgan fingerprint density at radius 2 is 1.97 bits per heavy atom. The number of nitrogens with one attached hydrogen (secondary N) is 1. The lowest BCUT2D eigenvalue weighted by molar-refractivity contribution is 0.122. The van der Waals surface area contributed by atoms with Gasteiger partial charge in [0.25, 0.3) is 0 Å². The molecule has 166 valence electrons. The van der Waals surface area contributed by atoms with Crippen molar-refractivity contribution in [2.45, 2.75) is 20.3 Å². The Morgan fingerprint density at radius 1 is 1.09 bits per heavy atom. The summed E-state index contributed by atoms with van der Waals surface area (Å²) >= 11 is 0. The van der Waals surface area contributed by atoms with E-state index in [1.165, 1.54) is 11.1 Å². The van der Waals surface area contributed by atoms with Crippen LogP contribution >= 0.6 is 0 Å². The minimum absolute atomic E-state index is 0.508. The van der Waals surface area contributed by atoms with Gasteiger partial charge in [-0.1, -0.05) is 12.1 Å². The molecule has 3 aromatic rings. The van der Waals surface area contributed by atoms with E-state index in [4.69, 9.17) is 9.47 Å². The number of hydrogen-bond donors (Lipinski definition) is 1. The number of ether oxygens (including phenoxy) is 2. The summed E-state index contributed by atoms with van der Waals surface area (Å²) in [6.45, 7) is 7.81. The zero-order valence-electron chi connectivity index (χ0n) is 18.6. The van der Waals surface area contributed by atoms with Crippen molar-refractivity contribution in [3.63, 3.8) is 0 Å². The number of aryl methyl sites for hydroxylation is 2. The van der Waals surface area contributed by atoms with Crippen LogP contribution in [0.3, 0.4) is 0 Å². The number of nitrogens with zero attached hydrogens (tertiary/aromatic N) is 4. The molecule has 2 aromatic heterocycles. The predicted octanol–water partition coefficient (Wildman–Crippen LogP) is 4.00. The maximum Gasteiger partial charge on any atom is 0.215 e. The van der Waals surface area contributed by atoms with Crippen molar-refractivity contribution in [3.05, 3.63) is 77.2 Å². The highest BCUT2D eigenvalue weighted by atomic mass is 16.5. The molecule has 0 atom stereocenters. The van der Waals surface area contributed by atoms with E-state index in [2.05, 4.69) is 51.4 Å². The van der Waals surface area contributed by atoms with Crippen LogP contribution in [-0.2, 0) is 11.2 Å². The number of rotatable bonds is 8. The van der Waals surface area contributed by atoms with Crippen molar-refractivity contribution in [2.24, 2.45) is 5.10 Å². The van der Waals surface area contributed by atoms with Crippen molar-refractivity contribution in [1.82, 2.24) is 9.97 Å². The topological polar surface area (TPSA) is 71.9 Å². The van der Waals surface area contributed by atoms with E-state index in [0.29, 0.717) is 12.5 Å². The van der Waals surface area contributed by atoms with Gasteiger partial charge in [0.15, 0.2) is 0 Å². The third-order valence-electron chi connectivity index (χ3n) is 5.41. The molecule has 0 radical (unpaired) electrons. The Morgan fingerprint density at radius 3 is 2.75 bits per heavy atom. The lowest BCUT2D eigenvalue weighted by Crippen LogP contribution is -2.36. The SMILES string of the molecule is Cc1ccc(NN=Cc2cc(N3CCOCC3)cc(OCCc3ccccn3)n2)cc1C. The van der Waals surface area contributed by atoms with E-state index < -0.39 is 0 Å². The maximum atomic E-state index is 5.98. The Bertz CT molecular complexity index is 1050. The molecule has 0 amide bonds. The van der Waals surface area contributed by atoms with Gasteiger partial charge in [0.2, 0.25) is 5.88 Å². The Labute approximate surface area is 189 Å². The number of aromatic nitrogens is 2. The summed E-state index contributed by atoms with van der Waals surface area (Å²) in [6, 6.07) is 16.1. The quantitative estimate of drug-likeness (QED) is 0.429. The Kier molecular flexibility index (Phi) is 7.30. The van der Waals surface area contributed by atoms with Crippen molar-refractivity contribution >= 4 is 17.6 Å². The summed E-state index contributed by atoms with van der Waals surface area (Å²) in [5.74, 6) is 0.581. The van der Waals surface area contributed by atoms with E-state index in [0.717, 1.165) is 55.5 Å². The van der Waals surface area contributed by atoms with Crippen LogP contribution in [0.4, 0.5) is 11.4 Å². The van der Waals surface area contributed by atoms with Gasteiger partial charge in [0.05, 0.1) is 37.4 Å². The molecule has 0 unspecified atom stereocenters. The summed E-state index contributed by atoms with van der Waals surface area (Å²) < 4.78 is 11.5. The fourth-order valence-corrected chi connectivity index (χ4v) is 3.45. The summed E-state index contributed by atoms with van der Waals surface area (Å²) in [6.07, 6.45) is 4.25. The van der Waals surface area contributed by atoms with Gasteiger partial charge in [-0.05, 0) is 55.3 Å². The zero-order chi connectivity index (χ0) is 22.2. The monoisotopic (exact) mass is 431 g/mol. The molecule has 0 spiro atoms. The first-order valence-electron chi connectivity index (χ1n) is 10.9. The standard InChI is InChI=1S/C25H29N5O2/c1-19-6-7-22(15-20(19)2)29-27-18-23-16-24(30-10-13-31-14-11-30)17-25(28-23)32-12-8-21-5-3-4-9-26-21/h3-7,9,15-18,29H,8,10-14H2,1-2H3. The third kappa shape index (κ3) is 6.04. The van der Waals surface area contributed by atoms with Crippen molar-refractivity contribution in [1.29, 1.82) is 0 Å². The molecule has 1 aromatic carbocycles. The second-order valence-corrected chi connectivity index (χ2v) is 7.78. The lowest BCUT2D eigenvalue weighted by atomic mass is 10.1. The minimum Gasteiger partial charge on any atom is -0.477 e. The number of morpholine rings is 1. The van der Waals surface area contributed by atoms with Gasteiger partial charge in [-0.15, -0.1) is 0 Å². The summed E-state index contributed by atoms with van der Waals surface area (Å²) in [5.41, 5.74) is 9.31. The first kappa shape index (κ1) is 21.8. The highest BCUT2D eigenvalue weighted by molar-refractivity contribution is 5.80. The van der Waals surface area contributed by atoms with Crippen LogP contribution in [0.5, 0.6) is 5.88 Å². The number of hydrogen-bond acceptors (Lipinski definition) is 7. The van der Waals surface area contributed by atoms with Crippen LogP contribution in [0.1, 0.15) is 22.5 Å². The number of benzene rings is 1. The van der Waals surface area contributed by atoms with Crippen molar-refractivity contribution in [2.75, 3.05) is 43.2 Å². The average molecular weight is 432 g/mol. The molecule has 0 saturated carbocycles. The average Bonchev–Trinajstić information content (AvgIpc) is 2.83. The van der Waals surface area contributed by atoms with E-state index >= 15 is 0 Å². The summed E-state index contributed by atoms with van der Waals surface area (Å²) in [4.78, 5) is 11.3. The fraction of sp³-hybridized carbons (Fsp3) is 0.320. The maximum absolute atomic E-state index is 5.98. The lowest BCUT2D eigenvalue weighted by Gasteiger charge is -2.29. The van der Waals surface area contributed by atoms with E-state index in [1.54, 1.807) is 12.4 Å². The predicted molar refractivity (Wildman–Crippen MR) is 128 cm³/mol. The van der Waals surface area contributed by atoms with Gasteiger partial charge in [-0.2, -0.15) is 5.10 Å². The molecule has 32 heavy (non-hydrogen) atoms. The molecule has 1 N–H and O–H groups in total. The number of anilines is 2. The molecule has 1 aliphatic rings. The molecule has 7 nitrogen and oxygen atoms in total. The minimum atomic E-state index is 0.508. The van der Waals surface area contributed by atoms with Crippen LogP contribution in [0.15, 0.2) is 59.8 Å². The van der Waals surface area contributed by atoms with E-state index in [1.807, 2.05) is 36.4 Å². The smallest absolute Gasteiger partial charge is 0.215 e. The van der Waals surface area contributed by atoms with Crippen LogP contribution in [-0.4, -0.2) is 49.1 Å². The highest BCUT2D eigenvalue weighted by Crippen LogP contribution is 2.22. The van der Waals surface area contributed by atoms with Gasteiger partial charge in [-0.25, -0.2) is 4.98 Å². The van der Waals surface area contributed by atoms with Crippen LogP contribution in [0.2, 0.25) is 0 Å². The van der Waals surface area contributed by atoms with Gasteiger partial charge in [0, 0.05) is 43.2 Å². The van der Waals surface area contributed by atoms with Crippen LogP contribution in [0, 0.1) is 13.8 Å². The molecule has 0 aliphatic carbocycles. The Hall–Kier alpha value is -3.45. The molecule has 0 bridgehead atoms. The molecular weight excluding hydrogens is 402 g/mol. The first-order chi connectivity index (χ1) is 15.7. The van der Waals surface area contributed by atoms with Gasteiger partial charge < -0.3 is 14.4 Å². The molecule has 7 heteroatoms. The summed E-state index contributed by atoms with van der Waals surface area (Å²) in [7, 11) is 0. The van der Waals surface area contributed by atoms with Crippen molar-refractivity contribution < 1.29 is 9.47 Å². The second kappa shape index (κ2) is 10.7. The molecule has 1 aliphatic heterocycles. The van der Waals surface area contributed by atoms with E-state index in [9.17, 15) is 0 Å². The first-order valence-corrected chi connectivity index (χ1v) is 10.9. The molecule has 3 heterocycles. The van der Waals surface area contributed by atoms with Crippen LogP contribution in [0.25, 0.3) is 0 Å².